The molecule has 7 heteroatoms. The van der Waals surface area contributed by atoms with Crippen LogP contribution in [0.15, 0.2) is 59.1 Å². The molecule has 2 atom stereocenters. The Balaban J connectivity index is 2.20. The fourth-order valence-electron chi connectivity index (χ4n) is 4.32. The van der Waals surface area contributed by atoms with Crippen molar-refractivity contribution in [2.45, 2.75) is 19.3 Å². The van der Waals surface area contributed by atoms with Gasteiger partial charge in [-0.1, -0.05) is 61.3 Å². The van der Waals surface area contributed by atoms with E-state index >= 15 is 0 Å². The lowest BCUT2D eigenvalue weighted by Gasteiger charge is -2.20. The van der Waals surface area contributed by atoms with E-state index < -0.39 is 28.0 Å². The Bertz CT molecular complexity index is 1030. The van der Waals surface area contributed by atoms with Crippen LogP contribution in [0.3, 0.4) is 0 Å². The van der Waals surface area contributed by atoms with Gasteiger partial charge in [0.1, 0.15) is 21.1 Å². The molecule has 150 valence electrons. The number of carbonyl (C=O) groups is 1. The van der Waals surface area contributed by atoms with Crippen LogP contribution in [0.4, 0.5) is 4.39 Å². The first kappa shape index (κ1) is 21.2. The zero-order valence-electron chi connectivity index (χ0n) is 16.0. The first-order chi connectivity index (χ1) is 13.7. The van der Waals surface area contributed by atoms with Crippen molar-refractivity contribution in [1.82, 2.24) is 0 Å². The molecule has 0 aliphatic heterocycles. The number of allylic oxidation sites excluding steroid dienone is 1. The Hall–Kier alpha value is -2.55. The van der Waals surface area contributed by atoms with Gasteiger partial charge in [0.25, 0.3) is 0 Å². The van der Waals surface area contributed by atoms with Gasteiger partial charge in [0, 0.05) is 5.41 Å². The molecule has 0 heterocycles. The smallest absolute Gasteiger partial charge is 0.318 e. The van der Waals surface area contributed by atoms with Gasteiger partial charge in [-0.05, 0) is 35.9 Å². The fraction of sp³-hybridized carbons (Fsp3) is 0.273. The third-order valence-electron chi connectivity index (χ3n) is 5.78. The lowest BCUT2D eigenvalue weighted by Crippen LogP contribution is -2.30. The lowest BCUT2D eigenvalue weighted by molar-refractivity contribution is -0.145. The van der Waals surface area contributed by atoms with Crippen LogP contribution in [0.2, 0.25) is 0 Å². The minimum Gasteiger partial charge on any atom is -0.468 e. The van der Waals surface area contributed by atoms with Crippen molar-refractivity contribution in [3.8, 4) is 17.6 Å². The number of nitriles is 1. The number of hydrogen-bond acceptors (Lipinski definition) is 4. The molecule has 0 spiro atoms. The Morgan fingerprint density at radius 3 is 2.38 bits per heavy atom. The summed E-state index contributed by atoms with van der Waals surface area (Å²) in [5.41, 5.74) is -3.39. The second-order valence-electron chi connectivity index (χ2n) is 7.28. The second kappa shape index (κ2) is 7.37. The number of rotatable bonds is 5. The average Bonchev–Trinajstić information content (AvgIpc) is 3.13. The summed E-state index contributed by atoms with van der Waals surface area (Å²) in [5, 5.41) is 10.0. The summed E-state index contributed by atoms with van der Waals surface area (Å²) in [6.07, 6.45) is 1.34. The molecule has 0 bridgehead atoms. The van der Waals surface area contributed by atoms with Gasteiger partial charge < -0.3 is 9.47 Å². The number of hydrogen-bond donors (Lipinski definition) is 0. The summed E-state index contributed by atoms with van der Waals surface area (Å²) in [6, 6.07) is 14.9. The van der Waals surface area contributed by atoms with Gasteiger partial charge in [0.2, 0.25) is 0 Å². The number of carbonyl (C=O) groups excluding carboxylic acids is 1. The molecule has 0 aromatic heterocycles. The van der Waals surface area contributed by atoms with E-state index in [1.807, 2.05) is 6.07 Å². The molecular formula is C22H18Cl2FNO3. The third-order valence-corrected chi connectivity index (χ3v) is 6.00. The number of esters is 1. The normalized spacial score (nSPS) is 24.2. The molecule has 0 amide bonds. The lowest BCUT2D eigenvalue weighted by atomic mass is 9.85. The van der Waals surface area contributed by atoms with Gasteiger partial charge in [-0.2, -0.15) is 5.26 Å². The van der Waals surface area contributed by atoms with Gasteiger partial charge in [-0.3, -0.25) is 4.79 Å². The number of para-hydroxylation sites is 1. The van der Waals surface area contributed by atoms with E-state index in [9.17, 15) is 14.4 Å². The van der Waals surface area contributed by atoms with E-state index in [0.717, 1.165) is 0 Å². The van der Waals surface area contributed by atoms with E-state index in [-0.39, 0.29) is 10.2 Å². The summed E-state index contributed by atoms with van der Waals surface area (Å²) in [6.45, 7) is 3.48. The maximum Gasteiger partial charge on any atom is 0.318 e. The van der Waals surface area contributed by atoms with Crippen LogP contribution >= 0.6 is 23.2 Å². The van der Waals surface area contributed by atoms with Crippen molar-refractivity contribution in [2.75, 3.05) is 7.11 Å². The predicted molar refractivity (Wildman–Crippen MR) is 108 cm³/mol. The van der Waals surface area contributed by atoms with Crippen LogP contribution in [0.5, 0.6) is 11.5 Å². The van der Waals surface area contributed by atoms with E-state index in [2.05, 4.69) is 6.07 Å². The van der Waals surface area contributed by atoms with Crippen LogP contribution in [0.1, 0.15) is 19.4 Å². The minimum atomic E-state index is -1.44. The molecule has 2 aromatic carbocycles. The molecule has 0 N–H and O–H groups in total. The topological polar surface area (TPSA) is 59.3 Å². The van der Waals surface area contributed by atoms with Gasteiger partial charge in [-0.25, -0.2) is 4.39 Å². The summed E-state index contributed by atoms with van der Waals surface area (Å²) in [7, 11) is 1.23. The SMILES string of the molecule is COC(=O)C1(c2ccc(F)c(Oc3ccccc3)c2)C(C)(C)C1(C#N)C=C(Cl)Cl. The first-order valence-electron chi connectivity index (χ1n) is 8.74. The standard InChI is InChI=1S/C22H18Cl2FNO3/c1-20(2)21(13-26,12-18(23)24)22(20,19(27)28-3)14-9-10-16(25)17(11-14)29-15-7-5-4-6-8-15/h4-12H,1-3H3. The van der Waals surface area contributed by atoms with Gasteiger partial charge in [0.15, 0.2) is 11.6 Å². The van der Waals surface area contributed by atoms with Crippen LogP contribution < -0.4 is 4.74 Å². The molecule has 29 heavy (non-hydrogen) atoms. The Kier molecular flexibility index (Phi) is 5.38. The second-order valence-corrected chi connectivity index (χ2v) is 8.29. The average molecular weight is 434 g/mol. The molecule has 2 aromatic rings. The molecule has 1 fully saturated rings. The minimum absolute atomic E-state index is 0.0764. The van der Waals surface area contributed by atoms with Gasteiger partial charge in [0.05, 0.1) is 13.2 Å². The van der Waals surface area contributed by atoms with Crippen molar-refractivity contribution in [3.63, 3.8) is 0 Å². The Morgan fingerprint density at radius 1 is 1.17 bits per heavy atom. The zero-order chi connectivity index (χ0) is 21.4. The maximum absolute atomic E-state index is 14.5. The largest absolute Gasteiger partial charge is 0.468 e. The monoisotopic (exact) mass is 433 g/mol. The van der Waals surface area contributed by atoms with E-state index in [0.29, 0.717) is 11.3 Å². The summed E-state index contributed by atoms with van der Waals surface area (Å²) >= 11 is 11.7. The molecule has 4 nitrogen and oxygen atoms in total. The van der Waals surface area contributed by atoms with E-state index in [4.69, 9.17) is 32.7 Å². The Morgan fingerprint density at radius 2 is 1.83 bits per heavy atom. The highest BCUT2D eigenvalue weighted by atomic mass is 35.5. The number of halogens is 3. The molecule has 0 radical (unpaired) electrons. The highest BCUT2D eigenvalue weighted by Gasteiger charge is 2.87. The molecule has 2 unspecified atom stereocenters. The fourth-order valence-corrected chi connectivity index (χ4v) is 4.65. The van der Waals surface area contributed by atoms with Gasteiger partial charge in [-0.15, -0.1) is 0 Å². The number of methoxy groups -OCH3 is 1. The number of benzene rings is 2. The van der Waals surface area contributed by atoms with Gasteiger partial charge >= 0.3 is 5.97 Å². The highest BCUT2D eigenvalue weighted by Crippen LogP contribution is 2.79. The predicted octanol–water partition coefficient (Wildman–Crippen LogP) is 5.90. The highest BCUT2D eigenvalue weighted by molar-refractivity contribution is 6.56. The van der Waals surface area contributed by atoms with E-state index in [1.165, 1.54) is 31.4 Å². The van der Waals surface area contributed by atoms with Crippen molar-refractivity contribution in [2.24, 2.45) is 10.8 Å². The van der Waals surface area contributed by atoms with Crippen molar-refractivity contribution in [3.05, 3.63) is 70.5 Å². The number of nitrogens with zero attached hydrogens (tertiary/aromatic N) is 1. The first-order valence-corrected chi connectivity index (χ1v) is 9.50. The quantitative estimate of drug-likeness (QED) is 0.550. The molecule has 1 saturated carbocycles. The van der Waals surface area contributed by atoms with Crippen molar-refractivity contribution < 1.29 is 18.7 Å². The molecule has 3 rings (SSSR count). The zero-order valence-corrected chi connectivity index (χ0v) is 17.5. The molecule has 1 aliphatic rings. The van der Waals surface area contributed by atoms with Crippen LogP contribution in [-0.2, 0) is 14.9 Å². The molecule has 0 saturated heterocycles. The van der Waals surface area contributed by atoms with E-state index in [1.54, 1.807) is 38.1 Å². The summed E-state index contributed by atoms with van der Waals surface area (Å²) < 4.78 is 25.0. The molecular weight excluding hydrogens is 416 g/mol. The van der Waals surface area contributed by atoms with Crippen LogP contribution in [0.25, 0.3) is 0 Å². The van der Waals surface area contributed by atoms with Crippen molar-refractivity contribution in [1.29, 1.82) is 5.26 Å². The number of ether oxygens (including phenoxy) is 2. The summed E-state index contributed by atoms with van der Waals surface area (Å²) in [5.74, 6) is -0.898. The molecule has 1 aliphatic carbocycles. The summed E-state index contributed by atoms with van der Waals surface area (Å²) in [4.78, 5) is 13.0. The third kappa shape index (κ3) is 2.90. The van der Waals surface area contributed by atoms with Crippen LogP contribution in [-0.4, -0.2) is 13.1 Å². The maximum atomic E-state index is 14.5. The van der Waals surface area contributed by atoms with Crippen LogP contribution in [0, 0.1) is 28.0 Å². The van der Waals surface area contributed by atoms with Crippen molar-refractivity contribution >= 4 is 29.2 Å². The Labute approximate surface area is 178 Å².